The molecule has 114 valence electrons. The lowest BCUT2D eigenvalue weighted by molar-refractivity contribution is 0.339. The number of aliphatic imine (C=N–C) groups is 2. The molecule has 0 amide bonds. The van der Waals surface area contributed by atoms with E-state index in [0.717, 1.165) is 19.1 Å². The first-order chi connectivity index (χ1) is 9.70. The molecule has 3 nitrogen and oxygen atoms in total. The fourth-order valence-corrected chi connectivity index (χ4v) is 4.11. The van der Waals surface area contributed by atoms with Crippen LogP contribution in [0.1, 0.15) is 58.8 Å². The minimum atomic E-state index is 0.328. The Morgan fingerprint density at radius 1 is 1.35 bits per heavy atom. The Morgan fingerprint density at radius 3 is 2.65 bits per heavy atom. The maximum absolute atomic E-state index is 5.01. The van der Waals surface area contributed by atoms with E-state index in [-0.39, 0.29) is 0 Å². The number of likely N-dealkylation sites (tertiary alicyclic amines) is 1. The summed E-state index contributed by atoms with van der Waals surface area (Å²) in [4.78, 5) is 11.7. The lowest BCUT2D eigenvalue weighted by atomic mass is 9.76. The van der Waals surface area contributed by atoms with E-state index in [0.29, 0.717) is 5.41 Å². The van der Waals surface area contributed by atoms with E-state index < -0.39 is 0 Å². The van der Waals surface area contributed by atoms with Crippen molar-refractivity contribution in [3.63, 3.8) is 0 Å². The number of rotatable bonds is 7. The van der Waals surface area contributed by atoms with Crippen molar-refractivity contribution in [3.8, 4) is 0 Å². The van der Waals surface area contributed by atoms with Crippen LogP contribution >= 0.6 is 0 Å². The maximum atomic E-state index is 5.01. The normalized spacial score (nSPS) is 31.9. The van der Waals surface area contributed by atoms with Gasteiger partial charge in [-0.15, -0.1) is 0 Å². The van der Waals surface area contributed by atoms with E-state index >= 15 is 0 Å². The van der Waals surface area contributed by atoms with Gasteiger partial charge in [-0.25, -0.2) is 0 Å². The zero-order valence-electron chi connectivity index (χ0n) is 13.4. The quantitative estimate of drug-likeness (QED) is 0.651. The van der Waals surface area contributed by atoms with Crippen molar-refractivity contribution >= 4 is 12.4 Å². The van der Waals surface area contributed by atoms with Gasteiger partial charge in [-0.1, -0.05) is 20.3 Å². The van der Waals surface area contributed by atoms with Crippen LogP contribution in [0.5, 0.6) is 0 Å². The van der Waals surface area contributed by atoms with Gasteiger partial charge in [0.05, 0.1) is 13.2 Å². The van der Waals surface area contributed by atoms with Gasteiger partial charge in [0.25, 0.3) is 0 Å². The van der Waals surface area contributed by atoms with Gasteiger partial charge in [0.15, 0.2) is 0 Å². The maximum Gasteiger partial charge on any atom is 0.0909 e. The molecule has 20 heavy (non-hydrogen) atoms. The molecular weight excluding hydrogens is 246 g/mol. The minimum absolute atomic E-state index is 0.328. The van der Waals surface area contributed by atoms with Gasteiger partial charge in [0, 0.05) is 11.1 Å². The van der Waals surface area contributed by atoms with Crippen LogP contribution < -0.4 is 0 Å². The molecule has 2 unspecified atom stereocenters. The third-order valence-corrected chi connectivity index (χ3v) is 5.12. The van der Waals surface area contributed by atoms with Gasteiger partial charge in [-0.05, 0) is 64.2 Å². The Hall–Kier alpha value is -0.700. The zero-order valence-corrected chi connectivity index (χ0v) is 13.4. The Bertz CT molecular complexity index is 340. The van der Waals surface area contributed by atoms with E-state index in [1.165, 1.54) is 63.7 Å². The fourth-order valence-electron chi connectivity index (χ4n) is 4.11. The first-order valence-electron chi connectivity index (χ1n) is 8.39. The Morgan fingerprint density at radius 2 is 2.10 bits per heavy atom. The second-order valence-electron chi connectivity index (χ2n) is 6.83. The first-order valence-corrected chi connectivity index (χ1v) is 8.39. The molecule has 0 spiro atoms. The summed E-state index contributed by atoms with van der Waals surface area (Å²) in [7, 11) is 0. The molecule has 1 saturated heterocycles. The molecule has 0 aromatic carbocycles. The van der Waals surface area contributed by atoms with Crippen LogP contribution in [0.3, 0.4) is 0 Å². The van der Waals surface area contributed by atoms with Gasteiger partial charge in [0.1, 0.15) is 0 Å². The molecule has 2 fully saturated rings. The van der Waals surface area contributed by atoms with Gasteiger partial charge in [-0.2, -0.15) is 0 Å². The molecule has 0 aromatic heterocycles. The topological polar surface area (TPSA) is 28.0 Å². The van der Waals surface area contributed by atoms with E-state index in [9.17, 15) is 0 Å². The lowest BCUT2D eigenvalue weighted by Crippen LogP contribution is -2.32. The number of hydrogen-bond acceptors (Lipinski definition) is 3. The average molecular weight is 277 g/mol. The molecule has 0 bridgehead atoms. The van der Waals surface area contributed by atoms with Crippen LogP contribution in [0, 0.1) is 11.3 Å². The Kier molecular flexibility index (Phi) is 5.76. The van der Waals surface area contributed by atoms with Gasteiger partial charge < -0.3 is 0 Å². The highest BCUT2D eigenvalue weighted by molar-refractivity contribution is 5.92. The summed E-state index contributed by atoms with van der Waals surface area (Å²) in [6.45, 7) is 12.5. The fraction of sp³-hybridized carbons (Fsp3) is 0.882. The van der Waals surface area contributed by atoms with Crippen molar-refractivity contribution in [2.45, 2.75) is 58.8 Å². The van der Waals surface area contributed by atoms with Crippen molar-refractivity contribution in [3.05, 3.63) is 0 Å². The summed E-state index contributed by atoms with van der Waals surface area (Å²) in [5.41, 5.74) is 1.67. The highest BCUT2D eigenvalue weighted by Crippen LogP contribution is 2.46. The van der Waals surface area contributed by atoms with E-state index in [1.807, 2.05) is 0 Å². The molecule has 0 radical (unpaired) electrons. The van der Waals surface area contributed by atoms with Crippen molar-refractivity contribution in [2.75, 3.05) is 26.3 Å². The van der Waals surface area contributed by atoms with Crippen LogP contribution in [-0.4, -0.2) is 43.6 Å². The molecule has 1 aliphatic heterocycles. The second-order valence-corrected chi connectivity index (χ2v) is 6.83. The summed E-state index contributed by atoms with van der Waals surface area (Å²) >= 11 is 0. The summed E-state index contributed by atoms with van der Waals surface area (Å²) < 4.78 is 0. The zero-order chi connectivity index (χ0) is 14.4. The Labute approximate surface area is 124 Å². The number of nitrogens with zero attached hydrogens (tertiary/aromatic N) is 3. The second kappa shape index (κ2) is 7.35. The summed E-state index contributed by atoms with van der Waals surface area (Å²) in [6, 6.07) is 0. The first kappa shape index (κ1) is 15.7. The average Bonchev–Trinajstić information content (AvgIpc) is 3.06. The van der Waals surface area contributed by atoms with Crippen LogP contribution in [0.2, 0.25) is 0 Å². The summed E-state index contributed by atoms with van der Waals surface area (Å²) in [5, 5.41) is 0. The standard InChI is InChI=1S/C17H31N3/c1-4-8-17(9-7-15(2)12-17)16(13-18-3)19-14-20-10-5-6-11-20/h15H,3-14H2,1-2H3. The van der Waals surface area contributed by atoms with Crippen LogP contribution in [0.25, 0.3) is 0 Å². The minimum Gasteiger partial charge on any atom is -0.295 e. The summed E-state index contributed by atoms with van der Waals surface area (Å²) in [5.74, 6) is 0.836. The van der Waals surface area contributed by atoms with Crippen LogP contribution in [0.15, 0.2) is 9.98 Å². The number of hydrogen-bond donors (Lipinski definition) is 0. The van der Waals surface area contributed by atoms with Crippen LogP contribution in [0.4, 0.5) is 0 Å². The van der Waals surface area contributed by atoms with Gasteiger partial charge >= 0.3 is 0 Å². The molecule has 1 heterocycles. The SMILES string of the molecule is C=NCC(=NCN1CCCC1)C1(CCC)CCC(C)C1. The largest absolute Gasteiger partial charge is 0.295 e. The predicted octanol–water partition coefficient (Wildman–Crippen LogP) is 3.79. The highest BCUT2D eigenvalue weighted by Gasteiger charge is 2.40. The monoisotopic (exact) mass is 277 g/mol. The predicted molar refractivity (Wildman–Crippen MR) is 87.9 cm³/mol. The summed E-state index contributed by atoms with van der Waals surface area (Å²) in [6.07, 6.45) is 9.13. The molecular formula is C17H31N3. The molecule has 3 heteroatoms. The van der Waals surface area contributed by atoms with Crippen molar-refractivity contribution < 1.29 is 0 Å². The molecule has 2 atom stereocenters. The van der Waals surface area contributed by atoms with E-state index in [1.54, 1.807) is 0 Å². The van der Waals surface area contributed by atoms with Crippen molar-refractivity contribution in [2.24, 2.45) is 21.3 Å². The van der Waals surface area contributed by atoms with E-state index in [2.05, 4.69) is 30.5 Å². The molecule has 0 aromatic rings. The van der Waals surface area contributed by atoms with E-state index in [4.69, 9.17) is 4.99 Å². The van der Waals surface area contributed by atoms with Crippen molar-refractivity contribution in [1.82, 2.24) is 4.90 Å². The molecule has 1 saturated carbocycles. The van der Waals surface area contributed by atoms with Crippen molar-refractivity contribution in [1.29, 1.82) is 0 Å². The third kappa shape index (κ3) is 3.69. The lowest BCUT2D eigenvalue weighted by Gasteiger charge is -2.31. The highest BCUT2D eigenvalue weighted by atomic mass is 15.2. The Balaban J connectivity index is 2.10. The van der Waals surface area contributed by atoms with Gasteiger partial charge in [-0.3, -0.25) is 14.9 Å². The third-order valence-electron chi connectivity index (χ3n) is 5.12. The molecule has 2 aliphatic rings. The molecule has 0 N–H and O–H groups in total. The van der Waals surface area contributed by atoms with Crippen LogP contribution in [-0.2, 0) is 0 Å². The molecule has 2 rings (SSSR count). The smallest absolute Gasteiger partial charge is 0.0909 e. The molecule has 1 aliphatic carbocycles. The van der Waals surface area contributed by atoms with Gasteiger partial charge in [0.2, 0.25) is 0 Å².